The molecule has 0 aromatic heterocycles. The van der Waals surface area contributed by atoms with Crippen molar-refractivity contribution in [2.24, 2.45) is 5.10 Å². The van der Waals surface area contributed by atoms with Gasteiger partial charge in [-0.25, -0.2) is 0 Å². The number of carbonyl (C=O) groups excluding carboxylic acids is 1. The second-order valence-electron chi connectivity index (χ2n) is 4.66. The number of halogens is 1. The standard InChI is InChI=1S/C16H13BrN2O2/c1-11(20)19-16(13-7-9-14(17)10-8-13)21-15(18-19)12-5-3-2-4-6-12/h2-10,16H,1H3. The van der Waals surface area contributed by atoms with Gasteiger partial charge in [-0.3, -0.25) is 4.79 Å². The Morgan fingerprint density at radius 2 is 1.81 bits per heavy atom. The van der Waals surface area contributed by atoms with Crippen molar-refractivity contribution in [3.63, 3.8) is 0 Å². The van der Waals surface area contributed by atoms with E-state index in [1.807, 2.05) is 54.6 Å². The fourth-order valence-corrected chi connectivity index (χ4v) is 2.37. The summed E-state index contributed by atoms with van der Waals surface area (Å²) in [5.41, 5.74) is 1.73. The van der Waals surface area contributed by atoms with Gasteiger partial charge in [0.05, 0.1) is 0 Å². The minimum atomic E-state index is -0.522. The molecule has 0 fully saturated rings. The van der Waals surface area contributed by atoms with E-state index in [0.29, 0.717) is 5.90 Å². The van der Waals surface area contributed by atoms with Crippen LogP contribution in [0.25, 0.3) is 0 Å². The zero-order chi connectivity index (χ0) is 14.8. The van der Waals surface area contributed by atoms with E-state index < -0.39 is 6.23 Å². The summed E-state index contributed by atoms with van der Waals surface area (Å²) in [5.74, 6) is 0.299. The lowest BCUT2D eigenvalue weighted by Crippen LogP contribution is -2.25. The second-order valence-corrected chi connectivity index (χ2v) is 5.57. The van der Waals surface area contributed by atoms with E-state index in [4.69, 9.17) is 4.74 Å². The number of nitrogens with zero attached hydrogens (tertiary/aromatic N) is 2. The van der Waals surface area contributed by atoms with Gasteiger partial charge < -0.3 is 4.74 Å². The summed E-state index contributed by atoms with van der Waals surface area (Å²) in [7, 11) is 0. The van der Waals surface area contributed by atoms with E-state index in [1.54, 1.807) is 0 Å². The third-order valence-corrected chi connectivity index (χ3v) is 3.67. The lowest BCUT2D eigenvalue weighted by Gasteiger charge is -2.19. The first kappa shape index (κ1) is 13.8. The summed E-state index contributed by atoms with van der Waals surface area (Å²) in [4.78, 5) is 11.8. The lowest BCUT2D eigenvalue weighted by molar-refractivity contribution is -0.135. The van der Waals surface area contributed by atoms with E-state index in [-0.39, 0.29) is 5.91 Å². The van der Waals surface area contributed by atoms with Gasteiger partial charge >= 0.3 is 0 Å². The van der Waals surface area contributed by atoms with Gasteiger partial charge in [-0.15, -0.1) is 5.10 Å². The molecule has 1 aliphatic heterocycles. The van der Waals surface area contributed by atoms with E-state index in [2.05, 4.69) is 21.0 Å². The minimum absolute atomic E-state index is 0.158. The van der Waals surface area contributed by atoms with Crippen LogP contribution in [-0.4, -0.2) is 16.8 Å². The van der Waals surface area contributed by atoms with Gasteiger partial charge in [-0.05, 0) is 24.3 Å². The zero-order valence-corrected chi connectivity index (χ0v) is 12.9. The first-order valence-electron chi connectivity index (χ1n) is 6.51. The molecule has 1 heterocycles. The number of carbonyl (C=O) groups is 1. The monoisotopic (exact) mass is 344 g/mol. The van der Waals surface area contributed by atoms with E-state index in [0.717, 1.165) is 15.6 Å². The van der Waals surface area contributed by atoms with Gasteiger partial charge in [-0.1, -0.05) is 46.3 Å². The predicted octanol–water partition coefficient (Wildman–Crippen LogP) is 3.69. The van der Waals surface area contributed by atoms with Crippen LogP contribution >= 0.6 is 15.9 Å². The molecular weight excluding hydrogens is 332 g/mol. The molecule has 3 rings (SSSR count). The normalized spacial score (nSPS) is 17.3. The Bertz CT molecular complexity index is 683. The Morgan fingerprint density at radius 1 is 1.14 bits per heavy atom. The SMILES string of the molecule is CC(=O)N1N=C(c2ccccc2)OC1c1ccc(Br)cc1. The van der Waals surface area contributed by atoms with Crippen LogP contribution in [0.15, 0.2) is 64.2 Å². The van der Waals surface area contributed by atoms with Gasteiger partial charge in [0.15, 0.2) is 0 Å². The maximum atomic E-state index is 11.8. The number of hydrogen-bond acceptors (Lipinski definition) is 3. The van der Waals surface area contributed by atoms with E-state index >= 15 is 0 Å². The molecule has 4 nitrogen and oxygen atoms in total. The quantitative estimate of drug-likeness (QED) is 0.833. The zero-order valence-electron chi connectivity index (χ0n) is 11.4. The topological polar surface area (TPSA) is 41.9 Å². The molecule has 0 radical (unpaired) electrons. The third kappa shape index (κ3) is 2.83. The summed E-state index contributed by atoms with van der Waals surface area (Å²) in [6.45, 7) is 1.48. The highest BCUT2D eigenvalue weighted by molar-refractivity contribution is 9.10. The first-order valence-corrected chi connectivity index (χ1v) is 7.30. The fraction of sp³-hybridized carbons (Fsp3) is 0.125. The average Bonchev–Trinajstić information content (AvgIpc) is 2.94. The fourth-order valence-electron chi connectivity index (χ4n) is 2.11. The van der Waals surface area contributed by atoms with Gasteiger partial charge in [0.25, 0.3) is 0 Å². The molecule has 0 saturated heterocycles. The van der Waals surface area contributed by atoms with Gasteiger partial charge in [0.2, 0.25) is 18.0 Å². The number of amides is 1. The average molecular weight is 345 g/mol. The number of rotatable bonds is 2. The largest absolute Gasteiger partial charge is 0.446 e. The lowest BCUT2D eigenvalue weighted by atomic mass is 10.2. The van der Waals surface area contributed by atoms with E-state index in [1.165, 1.54) is 11.9 Å². The number of ether oxygens (including phenoxy) is 1. The van der Waals surface area contributed by atoms with Crippen molar-refractivity contribution in [1.82, 2.24) is 5.01 Å². The molecule has 1 unspecified atom stereocenters. The summed E-state index contributed by atoms with van der Waals surface area (Å²) in [6, 6.07) is 17.2. The van der Waals surface area contributed by atoms with Crippen LogP contribution in [0, 0.1) is 0 Å². The maximum Gasteiger partial charge on any atom is 0.243 e. The predicted molar refractivity (Wildman–Crippen MR) is 83.5 cm³/mol. The first-order chi connectivity index (χ1) is 10.1. The van der Waals surface area contributed by atoms with E-state index in [9.17, 15) is 4.79 Å². The van der Waals surface area contributed by atoms with Crippen molar-refractivity contribution in [3.8, 4) is 0 Å². The van der Waals surface area contributed by atoms with Crippen LogP contribution in [0.1, 0.15) is 24.3 Å². The molecule has 21 heavy (non-hydrogen) atoms. The molecule has 1 amide bonds. The van der Waals surface area contributed by atoms with Crippen molar-refractivity contribution >= 4 is 27.7 Å². The van der Waals surface area contributed by atoms with Crippen LogP contribution in [0.2, 0.25) is 0 Å². The van der Waals surface area contributed by atoms with Gasteiger partial charge in [0.1, 0.15) is 0 Å². The van der Waals surface area contributed by atoms with Crippen molar-refractivity contribution in [3.05, 3.63) is 70.2 Å². The Hall–Kier alpha value is -2.14. The smallest absolute Gasteiger partial charge is 0.243 e. The number of hydrogen-bond donors (Lipinski definition) is 0. The van der Waals surface area contributed by atoms with Crippen LogP contribution < -0.4 is 0 Å². The number of hydrazone groups is 1. The summed E-state index contributed by atoms with van der Waals surface area (Å²) < 4.78 is 6.86. The summed E-state index contributed by atoms with van der Waals surface area (Å²) in [6.07, 6.45) is -0.522. The Morgan fingerprint density at radius 3 is 2.43 bits per heavy atom. The molecule has 0 spiro atoms. The molecular formula is C16H13BrN2O2. The molecule has 106 valence electrons. The Kier molecular flexibility index (Phi) is 3.75. The maximum absolute atomic E-state index is 11.8. The van der Waals surface area contributed by atoms with Gasteiger partial charge in [-0.2, -0.15) is 5.01 Å². The van der Waals surface area contributed by atoms with Crippen LogP contribution in [0.3, 0.4) is 0 Å². The number of benzene rings is 2. The highest BCUT2D eigenvalue weighted by Gasteiger charge is 2.32. The molecule has 5 heteroatoms. The van der Waals surface area contributed by atoms with Crippen molar-refractivity contribution in [1.29, 1.82) is 0 Å². The molecule has 0 bridgehead atoms. The molecule has 0 saturated carbocycles. The van der Waals surface area contributed by atoms with Crippen LogP contribution in [-0.2, 0) is 9.53 Å². The molecule has 1 atom stereocenters. The highest BCUT2D eigenvalue weighted by atomic mass is 79.9. The molecule has 1 aliphatic rings. The van der Waals surface area contributed by atoms with Crippen molar-refractivity contribution in [2.75, 3.05) is 0 Å². The summed E-state index contributed by atoms with van der Waals surface area (Å²) in [5, 5.41) is 5.67. The minimum Gasteiger partial charge on any atom is -0.446 e. The Labute approximate surface area is 131 Å². The molecule has 0 aliphatic carbocycles. The molecule has 2 aromatic rings. The van der Waals surface area contributed by atoms with Gasteiger partial charge in [0, 0.05) is 22.5 Å². The highest BCUT2D eigenvalue weighted by Crippen LogP contribution is 2.30. The van der Waals surface area contributed by atoms with Crippen molar-refractivity contribution in [2.45, 2.75) is 13.2 Å². The van der Waals surface area contributed by atoms with Crippen LogP contribution in [0.4, 0.5) is 0 Å². The molecule has 2 aromatic carbocycles. The second kappa shape index (κ2) is 5.69. The summed E-state index contributed by atoms with van der Waals surface area (Å²) >= 11 is 3.40. The molecule has 0 N–H and O–H groups in total. The van der Waals surface area contributed by atoms with Crippen LogP contribution in [0.5, 0.6) is 0 Å². The van der Waals surface area contributed by atoms with Crippen molar-refractivity contribution < 1.29 is 9.53 Å². The third-order valence-electron chi connectivity index (χ3n) is 3.14. The Balaban J connectivity index is 1.93.